The van der Waals surface area contributed by atoms with Gasteiger partial charge in [0.1, 0.15) is 0 Å². The third-order valence-electron chi connectivity index (χ3n) is 3.96. The first-order valence-corrected chi connectivity index (χ1v) is 7.30. The topological polar surface area (TPSA) is 89.6 Å². The van der Waals surface area contributed by atoms with Crippen LogP contribution in [0.1, 0.15) is 34.7 Å². The summed E-state index contributed by atoms with van der Waals surface area (Å²) in [5.74, 6) is 0.313. The molecule has 0 fully saturated rings. The van der Waals surface area contributed by atoms with Crippen molar-refractivity contribution in [3.8, 4) is 0 Å². The molecule has 112 valence electrons. The maximum Gasteiger partial charge on any atom is 0.211 e. The molecule has 4 N–H and O–H groups in total. The second-order valence-electron chi connectivity index (χ2n) is 5.54. The molecule has 1 aliphatic rings. The van der Waals surface area contributed by atoms with Crippen molar-refractivity contribution in [1.29, 1.82) is 0 Å². The molecule has 0 aliphatic heterocycles. The lowest BCUT2D eigenvalue weighted by Crippen LogP contribution is -2.24. The highest BCUT2D eigenvalue weighted by Gasteiger charge is 2.27. The summed E-state index contributed by atoms with van der Waals surface area (Å²) >= 11 is 0. The molecule has 5 nitrogen and oxygen atoms in total. The Morgan fingerprint density at radius 2 is 1.91 bits per heavy atom. The predicted octanol–water partition coefficient (Wildman–Crippen LogP) is 2.10. The Morgan fingerprint density at radius 3 is 2.64 bits per heavy atom. The van der Waals surface area contributed by atoms with Crippen molar-refractivity contribution in [2.75, 3.05) is 0 Å². The van der Waals surface area contributed by atoms with E-state index in [1.807, 2.05) is 18.3 Å². The zero-order valence-corrected chi connectivity index (χ0v) is 12.5. The lowest BCUT2D eigenvalue weighted by Gasteiger charge is -2.26. The van der Waals surface area contributed by atoms with Gasteiger partial charge in [0, 0.05) is 11.8 Å². The maximum absolute atomic E-state index is 5.42. The largest absolute Gasteiger partial charge is 0.369 e. The van der Waals surface area contributed by atoms with Crippen LogP contribution in [0.5, 0.6) is 0 Å². The van der Waals surface area contributed by atoms with E-state index in [2.05, 4.69) is 46.4 Å². The highest BCUT2D eigenvalue weighted by atomic mass is 15.3. The predicted molar refractivity (Wildman–Crippen MR) is 88.8 cm³/mol. The van der Waals surface area contributed by atoms with E-state index in [0.29, 0.717) is 5.92 Å². The van der Waals surface area contributed by atoms with Crippen LogP contribution in [0, 0.1) is 6.92 Å². The molecule has 1 aliphatic carbocycles. The summed E-state index contributed by atoms with van der Waals surface area (Å²) in [5, 5.41) is 8.12. The Morgan fingerprint density at radius 1 is 1.14 bits per heavy atom. The maximum atomic E-state index is 5.42. The summed E-state index contributed by atoms with van der Waals surface area (Å²) in [6.45, 7) is 2.06. The van der Waals surface area contributed by atoms with Crippen molar-refractivity contribution in [2.45, 2.75) is 25.7 Å². The van der Waals surface area contributed by atoms with Crippen molar-refractivity contribution in [2.24, 2.45) is 21.7 Å². The first kappa shape index (κ1) is 14.3. The molecular formula is C17H19N5. The first-order chi connectivity index (χ1) is 10.6. The Bertz CT molecular complexity index is 730. The average molecular weight is 293 g/mol. The number of guanidine groups is 1. The van der Waals surface area contributed by atoms with Gasteiger partial charge in [-0.25, -0.2) is 0 Å². The van der Waals surface area contributed by atoms with E-state index in [-0.39, 0.29) is 5.96 Å². The Balaban J connectivity index is 2.06. The van der Waals surface area contributed by atoms with Crippen LogP contribution >= 0.6 is 0 Å². The van der Waals surface area contributed by atoms with Crippen molar-refractivity contribution in [3.05, 3.63) is 65.0 Å². The van der Waals surface area contributed by atoms with E-state index in [9.17, 15) is 0 Å². The third kappa shape index (κ3) is 2.83. The first-order valence-electron chi connectivity index (χ1n) is 7.30. The van der Waals surface area contributed by atoms with Crippen LogP contribution in [0.15, 0.2) is 52.8 Å². The molecule has 1 heterocycles. The summed E-state index contributed by atoms with van der Waals surface area (Å²) in [5.41, 5.74) is 16.3. The lowest BCUT2D eigenvalue weighted by atomic mass is 9.80. The van der Waals surface area contributed by atoms with Gasteiger partial charge in [0.15, 0.2) is 0 Å². The molecule has 0 amide bonds. The van der Waals surface area contributed by atoms with Gasteiger partial charge in [-0.15, -0.1) is 5.10 Å². The zero-order valence-electron chi connectivity index (χ0n) is 12.5. The molecule has 0 radical (unpaired) electrons. The smallest absolute Gasteiger partial charge is 0.211 e. The molecule has 5 heteroatoms. The fraction of sp³-hybridized carbons (Fsp3) is 0.235. The minimum absolute atomic E-state index is 0.0302. The van der Waals surface area contributed by atoms with E-state index in [4.69, 9.17) is 11.5 Å². The number of hydrogen-bond donors (Lipinski definition) is 2. The standard InChI is InChI=1S/C17H19N5/c1-11-7-8-20-14-9-13(12-5-3-2-4-6-12)10-15(16(11)14)21-22-17(18)19/h2-8,13H,9-10H2,1H3,(H4,18,19,22)/b21-15+. The highest BCUT2D eigenvalue weighted by Crippen LogP contribution is 2.33. The lowest BCUT2D eigenvalue weighted by molar-refractivity contribution is 0.677. The number of rotatable bonds is 2. The Kier molecular flexibility index (Phi) is 3.87. The van der Waals surface area contributed by atoms with Crippen LogP contribution in [0.4, 0.5) is 0 Å². The minimum Gasteiger partial charge on any atom is -0.369 e. The van der Waals surface area contributed by atoms with Crippen molar-refractivity contribution in [3.63, 3.8) is 0 Å². The zero-order chi connectivity index (χ0) is 15.5. The van der Waals surface area contributed by atoms with E-state index in [1.54, 1.807) is 0 Å². The number of aryl methyl sites for hydroxylation is 1. The van der Waals surface area contributed by atoms with Crippen LogP contribution in [-0.2, 0) is 6.42 Å². The second-order valence-corrected chi connectivity index (χ2v) is 5.54. The number of aromatic nitrogens is 1. The van der Waals surface area contributed by atoms with Crippen LogP contribution in [-0.4, -0.2) is 16.7 Å². The SMILES string of the molecule is Cc1ccnc2c1/C(=N/N=C(N)N)CC(c1ccccc1)C2. The number of benzene rings is 1. The van der Waals surface area contributed by atoms with Gasteiger partial charge in [0.2, 0.25) is 5.96 Å². The van der Waals surface area contributed by atoms with Gasteiger partial charge in [-0.2, -0.15) is 5.10 Å². The van der Waals surface area contributed by atoms with Gasteiger partial charge in [-0.1, -0.05) is 30.3 Å². The van der Waals surface area contributed by atoms with E-state index in [0.717, 1.165) is 35.4 Å². The van der Waals surface area contributed by atoms with Crippen LogP contribution < -0.4 is 11.5 Å². The molecule has 2 aromatic rings. The van der Waals surface area contributed by atoms with Gasteiger partial charge in [-0.3, -0.25) is 4.98 Å². The quantitative estimate of drug-likeness (QED) is 0.505. The molecular weight excluding hydrogens is 274 g/mol. The van der Waals surface area contributed by atoms with Crippen molar-refractivity contribution in [1.82, 2.24) is 4.98 Å². The fourth-order valence-corrected chi connectivity index (χ4v) is 2.97. The van der Waals surface area contributed by atoms with Crippen molar-refractivity contribution < 1.29 is 0 Å². The summed E-state index contributed by atoms with van der Waals surface area (Å²) in [6, 6.07) is 12.4. The van der Waals surface area contributed by atoms with Crippen LogP contribution in [0.2, 0.25) is 0 Å². The third-order valence-corrected chi connectivity index (χ3v) is 3.96. The van der Waals surface area contributed by atoms with E-state index in [1.165, 1.54) is 5.56 Å². The number of nitrogens with zero attached hydrogens (tertiary/aromatic N) is 3. The molecule has 1 atom stereocenters. The molecule has 0 spiro atoms. The van der Waals surface area contributed by atoms with Gasteiger partial charge in [0.05, 0.1) is 11.4 Å². The summed E-state index contributed by atoms with van der Waals surface area (Å²) in [7, 11) is 0. The summed E-state index contributed by atoms with van der Waals surface area (Å²) in [4.78, 5) is 4.54. The van der Waals surface area contributed by atoms with E-state index >= 15 is 0 Å². The molecule has 1 aromatic carbocycles. The molecule has 22 heavy (non-hydrogen) atoms. The number of hydrogen-bond acceptors (Lipinski definition) is 3. The Labute approximate surface area is 129 Å². The second kappa shape index (κ2) is 5.97. The van der Waals surface area contributed by atoms with Gasteiger partial charge < -0.3 is 11.5 Å². The molecule has 0 bridgehead atoms. The van der Waals surface area contributed by atoms with Gasteiger partial charge in [0.25, 0.3) is 0 Å². The normalized spacial score (nSPS) is 18.8. The van der Waals surface area contributed by atoms with E-state index < -0.39 is 0 Å². The van der Waals surface area contributed by atoms with Crippen LogP contribution in [0.25, 0.3) is 0 Å². The van der Waals surface area contributed by atoms with Gasteiger partial charge >= 0.3 is 0 Å². The monoisotopic (exact) mass is 293 g/mol. The Hall–Kier alpha value is -2.69. The number of nitrogens with two attached hydrogens (primary N) is 2. The van der Waals surface area contributed by atoms with Gasteiger partial charge in [-0.05, 0) is 42.9 Å². The van der Waals surface area contributed by atoms with Crippen molar-refractivity contribution >= 4 is 11.7 Å². The highest BCUT2D eigenvalue weighted by molar-refractivity contribution is 6.04. The molecule has 1 unspecified atom stereocenters. The fourth-order valence-electron chi connectivity index (χ4n) is 2.97. The number of pyridine rings is 1. The van der Waals surface area contributed by atoms with Crippen LogP contribution in [0.3, 0.4) is 0 Å². The average Bonchev–Trinajstić information content (AvgIpc) is 2.53. The number of fused-ring (bicyclic) bond motifs is 1. The minimum atomic E-state index is -0.0302. The summed E-state index contributed by atoms with van der Waals surface area (Å²) < 4.78 is 0. The molecule has 1 aromatic heterocycles. The summed E-state index contributed by atoms with van der Waals surface area (Å²) in [6.07, 6.45) is 3.56. The molecule has 0 saturated heterocycles. The molecule has 3 rings (SSSR count). The molecule has 0 saturated carbocycles.